The van der Waals surface area contributed by atoms with Gasteiger partial charge in [0.15, 0.2) is 17.6 Å². The molecule has 190 valence electrons. The molecule has 2 aromatic carbocycles. The third-order valence-electron chi connectivity index (χ3n) is 9.06. The highest BCUT2D eigenvalue weighted by Gasteiger charge is 2.65. The number of ether oxygens (including phenoxy) is 3. The van der Waals surface area contributed by atoms with Crippen LogP contribution in [0.2, 0.25) is 0 Å². The Bertz CT molecular complexity index is 1200. The van der Waals surface area contributed by atoms with Crippen LogP contribution in [0, 0.1) is 11.8 Å². The van der Waals surface area contributed by atoms with Crippen molar-refractivity contribution in [2.45, 2.75) is 69.6 Å². The van der Waals surface area contributed by atoms with Gasteiger partial charge < -0.3 is 19.1 Å². The number of rotatable bonds is 6. The van der Waals surface area contributed by atoms with Crippen LogP contribution in [0.15, 0.2) is 48.6 Å². The van der Waals surface area contributed by atoms with Crippen molar-refractivity contribution in [3.05, 3.63) is 70.8 Å². The predicted molar refractivity (Wildman–Crippen MR) is 140 cm³/mol. The first-order valence-electron chi connectivity index (χ1n) is 13.4. The number of nitrogens with zero attached hydrogens (tertiary/aromatic N) is 1. The van der Waals surface area contributed by atoms with E-state index in [0.717, 1.165) is 42.9 Å². The van der Waals surface area contributed by atoms with Crippen LogP contribution in [0.4, 0.5) is 0 Å². The van der Waals surface area contributed by atoms with Crippen LogP contribution in [0.1, 0.15) is 55.4 Å². The molecule has 1 unspecified atom stereocenters. The Morgan fingerprint density at radius 1 is 1.14 bits per heavy atom. The molecule has 0 saturated carbocycles. The fourth-order valence-electron chi connectivity index (χ4n) is 7.26. The van der Waals surface area contributed by atoms with E-state index in [9.17, 15) is 4.79 Å². The van der Waals surface area contributed by atoms with E-state index in [1.165, 1.54) is 16.7 Å². The van der Waals surface area contributed by atoms with Gasteiger partial charge in [-0.25, -0.2) is 0 Å². The van der Waals surface area contributed by atoms with Gasteiger partial charge in [-0.3, -0.25) is 4.79 Å². The molecule has 5 heteroatoms. The van der Waals surface area contributed by atoms with Crippen molar-refractivity contribution in [2.75, 3.05) is 20.7 Å². The minimum atomic E-state index is -0.427. The molecule has 2 aliphatic heterocycles. The third kappa shape index (κ3) is 3.42. The number of likely N-dealkylation sites (N-methyl/N-ethyl adjacent to an activating group) is 1. The summed E-state index contributed by atoms with van der Waals surface area (Å²) in [6.45, 7) is 7.38. The molecular weight excluding hydrogens is 450 g/mol. The van der Waals surface area contributed by atoms with E-state index in [1.807, 2.05) is 13.0 Å². The van der Waals surface area contributed by atoms with E-state index in [-0.39, 0.29) is 23.4 Å². The summed E-state index contributed by atoms with van der Waals surface area (Å²) in [5, 5.41) is 0. The van der Waals surface area contributed by atoms with Gasteiger partial charge in [0.2, 0.25) is 0 Å². The zero-order valence-electron chi connectivity index (χ0n) is 22.0. The quantitative estimate of drug-likeness (QED) is 0.421. The molecule has 1 saturated heterocycles. The highest BCUT2D eigenvalue weighted by atomic mass is 16.6. The summed E-state index contributed by atoms with van der Waals surface area (Å²) in [5.74, 6) is 2.02. The van der Waals surface area contributed by atoms with Gasteiger partial charge in [0.25, 0.3) is 0 Å². The number of piperidine rings is 1. The average molecular weight is 488 g/mol. The van der Waals surface area contributed by atoms with Gasteiger partial charge in [0.1, 0.15) is 6.10 Å². The van der Waals surface area contributed by atoms with Crippen molar-refractivity contribution in [1.29, 1.82) is 0 Å². The molecule has 5 nitrogen and oxygen atoms in total. The molecule has 6 atom stereocenters. The summed E-state index contributed by atoms with van der Waals surface area (Å²) >= 11 is 0. The summed E-state index contributed by atoms with van der Waals surface area (Å²) in [6, 6.07) is 13.1. The van der Waals surface area contributed by atoms with Crippen LogP contribution in [0.5, 0.6) is 11.5 Å². The molecule has 1 fully saturated rings. The maximum atomic E-state index is 13.4. The lowest BCUT2D eigenvalue weighted by Crippen LogP contribution is -2.65. The summed E-state index contributed by atoms with van der Waals surface area (Å²) in [5.41, 5.74) is 4.73. The predicted octanol–water partition coefficient (Wildman–Crippen LogP) is 5.05. The maximum Gasteiger partial charge on any atom is 0.313 e. The Kier molecular flexibility index (Phi) is 5.67. The molecule has 36 heavy (non-hydrogen) atoms. The molecule has 6 rings (SSSR count). The average Bonchev–Trinajstić information content (AvgIpc) is 3.22. The van der Waals surface area contributed by atoms with Crippen molar-refractivity contribution < 1.29 is 19.0 Å². The number of benzene rings is 2. The van der Waals surface area contributed by atoms with Gasteiger partial charge in [-0.15, -0.1) is 0 Å². The van der Waals surface area contributed by atoms with Crippen LogP contribution in [-0.2, 0) is 27.8 Å². The van der Waals surface area contributed by atoms with Crippen LogP contribution < -0.4 is 9.47 Å². The third-order valence-corrected chi connectivity index (χ3v) is 9.06. The smallest absolute Gasteiger partial charge is 0.313 e. The van der Waals surface area contributed by atoms with Crippen molar-refractivity contribution in [3.8, 4) is 11.5 Å². The molecule has 2 aromatic rings. The van der Waals surface area contributed by atoms with E-state index in [1.54, 1.807) is 7.11 Å². The van der Waals surface area contributed by atoms with Crippen LogP contribution in [-0.4, -0.2) is 49.8 Å². The zero-order valence-corrected chi connectivity index (χ0v) is 22.0. The van der Waals surface area contributed by atoms with Gasteiger partial charge in [0.05, 0.1) is 13.0 Å². The van der Waals surface area contributed by atoms with Crippen molar-refractivity contribution in [2.24, 2.45) is 11.8 Å². The van der Waals surface area contributed by atoms with E-state index in [0.29, 0.717) is 17.9 Å². The highest BCUT2D eigenvalue weighted by Crippen LogP contribution is 2.62. The summed E-state index contributed by atoms with van der Waals surface area (Å²) in [7, 11) is 3.93. The second-order valence-electron chi connectivity index (χ2n) is 11.6. The van der Waals surface area contributed by atoms with Gasteiger partial charge in [-0.2, -0.15) is 0 Å². The van der Waals surface area contributed by atoms with Crippen molar-refractivity contribution in [1.82, 2.24) is 4.90 Å². The molecule has 0 amide bonds. The molecule has 0 radical (unpaired) electrons. The number of hydrogen-bond donors (Lipinski definition) is 0. The number of methoxy groups -OCH3 is 1. The largest absolute Gasteiger partial charge is 0.493 e. The van der Waals surface area contributed by atoms with Crippen LogP contribution in [0.25, 0.3) is 0 Å². The molecule has 2 bridgehead atoms. The maximum absolute atomic E-state index is 13.4. The molecule has 2 aliphatic carbocycles. The van der Waals surface area contributed by atoms with Gasteiger partial charge in [-0.1, -0.05) is 50.3 Å². The van der Waals surface area contributed by atoms with Gasteiger partial charge in [0, 0.05) is 22.9 Å². The first-order chi connectivity index (χ1) is 17.3. The zero-order chi connectivity index (χ0) is 25.2. The molecule has 0 N–H and O–H groups in total. The summed E-state index contributed by atoms with van der Waals surface area (Å²) in [6.07, 6.45) is 6.75. The number of carbonyl (C=O) groups is 1. The Labute approximate surface area is 214 Å². The molecule has 4 aliphatic rings. The van der Waals surface area contributed by atoms with Gasteiger partial charge >= 0.3 is 5.97 Å². The first kappa shape index (κ1) is 23.6. The Morgan fingerprint density at radius 2 is 1.92 bits per heavy atom. The molecule has 0 aromatic heterocycles. The van der Waals surface area contributed by atoms with E-state index >= 15 is 0 Å². The number of carbonyl (C=O) groups excluding carboxylic acids is 1. The van der Waals surface area contributed by atoms with Gasteiger partial charge in [-0.05, 0) is 74.5 Å². The standard InChI is InChI=1S/C31H37NO4/c1-18(2)16-20-6-8-21(9-7-20)19(3)30(33)35-26-13-11-23-24-17-22-10-12-25(34-5)28-27(22)31(23,29(26)36-28)14-15-32(24)4/h6-13,18-19,23-24,26,29H,14-17H2,1-5H3/t19?,23-,24+,26-,29-,31-/m0/s1. The lowest BCUT2D eigenvalue weighted by molar-refractivity contribution is -0.156. The second-order valence-corrected chi connectivity index (χ2v) is 11.6. The molecule has 2 heterocycles. The Hall–Kier alpha value is -2.79. The van der Waals surface area contributed by atoms with Crippen molar-refractivity contribution >= 4 is 5.97 Å². The molecule has 1 spiro atoms. The topological polar surface area (TPSA) is 48.0 Å². The Balaban J connectivity index is 1.30. The number of hydrogen-bond acceptors (Lipinski definition) is 5. The van der Waals surface area contributed by atoms with Crippen LogP contribution in [0.3, 0.4) is 0 Å². The van der Waals surface area contributed by atoms with E-state index in [4.69, 9.17) is 14.2 Å². The fourth-order valence-corrected chi connectivity index (χ4v) is 7.26. The first-order valence-corrected chi connectivity index (χ1v) is 13.4. The van der Waals surface area contributed by atoms with E-state index in [2.05, 4.69) is 68.3 Å². The van der Waals surface area contributed by atoms with E-state index < -0.39 is 6.10 Å². The monoisotopic (exact) mass is 487 g/mol. The minimum absolute atomic E-state index is 0.184. The SMILES string of the molecule is COc1ccc2c3c1O[C@H]1[C@@H](OC(=O)C(C)c4ccc(CC(C)C)cc4)C=C[C@H]4[C@@H](C2)N(C)CC[C@@]341. The lowest BCUT2D eigenvalue weighted by atomic mass is 9.53. The normalized spacial score (nSPS) is 30.5. The summed E-state index contributed by atoms with van der Waals surface area (Å²) in [4.78, 5) is 15.9. The number of likely N-dealkylation sites (tertiary alicyclic amines) is 1. The highest BCUT2D eigenvalue weighted by molar-refractivity contribution is 5.78. The lowest BCUT2D eigenvalue weighted by Gasteiger charge is -2.56. The fraction of sp³-hybridized carbons (Fsp3) is 0.516. The summed E-state index contributed by atoms with van der Waals surface area (Å²) < 4.78 is 18.7. The second kappa shape index (κ2) is 8.65. The van der Waals surface area contributed by atoms with Crippen molar-refractivity contribution in [3.63, 3.8) is 0 Å². The minimum Gasteiger partial charge on any atom is -0.493 e. The number of esters is 1. The Morgan fingerprint density at radius 3 is 2.64 bits per heavy atom. The molecular formula is C31H37NO4. The van der Waals surface area contributed by atoms with Crippen LogP contribution >= 0.6 is 0 Å².